The lowest BCUT2D eigenvalue weighted by molar-refractivity contribution is -0.146. The van der Waals surface area contributed by atoms with Gasteiger partial charge < -0.3 is 10.1 Å². The lowest BCUT2D eigenvalue weighted by Crippen LogP contribution is -2.28. The molecule has 1 N–H and O–H groups in total. The molecule has 0 atom stereocenters. The highest BCUT2D eigenvalue weighted by Crippen LogP contribution is 1.93. The van der Waals surface area contributed by atoms with Gasteiger partial charge in [-0.1, -0.05) is 6.07 Å². The van der Waals surface area contributed by atoms with E-state index in [4.69, 9.17) is 4.74 Å². The number of nitrogens with one attached hydrogen (secondary N) is 1. The minimum absolute atomic E-state index is 0.0508. The molecule has 1 heterocycles. The van der Waals surface area contributed by atoms with E-state index in [1.54, 1.807) is 6.20 Å². The third-order valence-electron chi connectivity index (χ3n) is 1.92. The Kier molecular flexibility index (Phi) is 5.50. The molecule has 0 saturated carbocycles. The fourth-order valence-corrected chi connectivity index (χ4v) is 1.26. The summed E-state index contributed by atoms with van der Waals surface area (Å²) in [4.78, 5) is 15.4. The van der Waals surface area contributed by atoms with Gasteiger partial charge in [-0.25, -0.2) is 0 Å². The van der Waals surface area contributed by atoms with Gasteiger partial charge in [0, 0.05) is 24.9 Å². The quantitative estimate of drug-likeness (QED) is 0.580. The van der Waals surface area contributed by atoms with E-state index in [0.29, 0.717) is 0 Å². The fourth-order valence-electron chi connectivity index (χ4n) is 1.26. The van der Waals surface area contributed by atoms with E-state index in [-0.39, 0.29) is 18.6 Å². The summed E-state index contributed by atoms with van der Waals surface area (Å²) < 4.78 is 4.99. The summed E-state index contributed by atoms with van der Waals surface area (Å²) in [6.45, 7) is 4.66. The molecule has 0 saturated heterocycles. The van der Waals surface area contributed by atoms with Crippen LogP contribution in [-0.4, -0.2) is 30.1 Å². The summed E-state index contributed by atoms with van der Waals surface area (Å²) in [7, 11) is 0. The molecule has 16 heavy (non-hydrogen) atoms. The highest BCUT2D eigenvalue weighted by molar-refractivity contribution is 5.71. The second-order valence-electron chi connectivity index (χ2n) is 3.79. The van der Waals surface area contributed by atoms with Crippen LogP contribution in [-0.2, 0) is 16.0 Å². The van der Waals surface area contributed by atoms with Crippen molar-refractivity contribution in [1.29, 1.82) is 0 Å². The number of esters is 1. The van der Waals surface area contributed by atoms with Crippen LogP contribution in [0.25, 0.3) is 0 Å². The van der Waals surface area contributed by atoms with E-state index in [1.165, 1.54) is 0 Å². The lowest BCUT2D eigenvalue weighted by atomic mass is 10.3. The Bertz CT molecular complexity index is 312. The molecular formula is C12H18N2O2. The van der Waals surface area contributed by atoms with Crippen LogP contribution in [0.2, 0.25) is 0 Å². The monoisotopic (exact) mass is 222 g/mol. The van der Waals surface area contributed by atoms with Gasteiger partial charge in [0.15, 0.2) is 0 Å². The first-order valence-electron chi connectivity index (χ1n) is 5.48. The van der Waals surface area contributed by atoms with E-state index < -0.39 is 0 Å². The summed E-state index contributed by atoms with van der Waals surface area (Å²) in [5.74, 6) is -0.212. The van der Waals surface area contributed by atoms with Gasteiger partial charge in [0.25, 0.3) is 0 Å². The SMILES string of the molecule is CC(C)OC(=O)CNCCc1ccccn1. The molecule has 1 rings (SSSR count). The molecule has 1 aromatic heterocycles. The molecule has 4 nitrogen and oxygen atoms in total. The maximum Gasteiger partial charge on any atom is 0.320 e. The molecule has 0 radical (unpaired) electrons. The second-order valence-corrected chi connectivity index (χ2v) is 3.79. The van der Waals surface area contributed by atoms with Gasteiger partial charge in [-0.3, -0.25) is 9.78 Å². The average molecular weight is 222 g/mol. The zero-order valence-corrected chi connectivity index (χ0v) is 9.77. The summed E-state index contributed by atoms with van der Waals surface area (Å²) in [6.07, 6.45) is 2.53. The highest BCUT2D eigenvalue weighted by atomic mass is 16.5. The number of hydrogen-bond donors (Lipinski definition) is 1. The minimum Gasteiger partial charge on any atom is -0.462 e. The van der Waals surface area contributed by atoms with Gasteiger partial charge in [0.2, 0.25) is 0 Å². The van der Waals surface area contributed by atoms with Gasteiger partial charge in [0.05, 0.1) is 12.6 Å². The minimum atomic E-state index is -0.212. The van der Waals surface area contributed by atoms with Crippen molar-refractivity contribution < 1.29 is 9.53 Å². The van der Waals surface area contributed by atoms with Crippen LogP contribution in [0, 0.1) is 0 Å². The summed E-state index contributed by atoms with van der Waals surface area (Å²) >= 11 is 0. The highest BCUT2D eigenvalue weighted by Gasteiger charge is 2.03. The van der Waals surface area contributed by atoms with Crippen LogP contribution in [0.15, 0.2) is 24.4 Å². The van der Waals surface area contributed by atoms with Crippen molar-refractivity contribution in [3.63, 3.8) is 0 Å². The molecule has 0 amide bonds. The van der Waals surface area contributed by atoms with Crippen molar-refractivity contribution in [2.24, 2.45) is 0 Å². The number of nitrogens with zero attached hydrogens (tertiary/aromatic N) is 1. The summed E-state index contributed by atoms with van der Waals surface area (Å²) in [5, 5.41) is 3.02. The Labute approximate surface area is 96.0 Å². The first kappa shape index (κ1) is 12.6. The molecule has 0 fully saturated rings. The largest absolute Gasteiger partial charge is 0.462 e. The van der Waals surface area contributed by atoms with Gasteiger partial charge in [-0.05, 0) is 26.0 Å². The predicted octanol–water partition coefficient (Wildman–Crippen LogP) is 1.17. The number of carbonyl (C=O) groups excluding carboxylic acids is 1. The van der Waals surface area contributed by atoms with Crippen LogP contribution in [0.4, 0.5) is 0 Å². The first-order valence-corrected chi connectivity index (χ1v) is 5.48. The smallest absolute Gasteiger partial charge is 0.320 e. The van der Waals surface area contributed by atoms with Crippen molar-refractivity contribution in [2.45, 2.75) is 26.4 Å². The molecule has 88 valence electrons. The molecule has 0 spiro atoms. The molecule has 0 aromatic carbocycles. The Hall–Kier alpha value is -1.42. The van der Waals surface area contributed by atoms with Crippen molar-refractivity contribution in [3.05, 3.63) is 30.1 Å². The van der Waals surface area contributed by atoms with Crippen LogP contribution in [0.5, 0.6) is 0 Å². The number of aromatic nitrogens is 1. The van der Waals surface area contributed by atoms with Gasteiger partial charge >= 0.3 is 5.97 Å². The Morgan fingerprint density at radius 3 is 2.94 bits per heavy atom. The first-order chi connectivity index (χ1) is 7.68. The van der Waals surface area contributed by atoms with Gasteiger partial charge in [-0.2, -0.15) is 0 Å². The van der Waals surface area contributed by atoms with Gasteiger partial charge in [-0.15, -0.1) is 0 Å². The molecule has 4 heteroatoms. The van der Waals surface area contributed by atoms with Crippen LogP contribution in [0.3, 0.4) is 0 Å². The Morgan fingerprint density at radius 2 is 2.31 bits per heavy atom. The van der Waals surface area contributed by atoms with E-state index in [0.717, 1.165) is 18.7 Å². The number of carbonyl (C=O) groups is 1. The molecule has 0 aliphatic rings. The van der Waals surface area contributed by atoms with E-state index in [2.05, 4.69) is 10.3 Å². The van der Waals surface area contributed by atoms with Crippen LogP contribution < -0.4 is 5.32 Å². The molecule has 0 aliphatic carbocycles. The second kappa shape index (κ2) is 6.95. The lowest BCUT2D eigenvalue weighted by Gasteiger charge is -2.08. The zero-order chi connectivity index (χ0) is 11.8. The molecular weight excluding hydrogens is 204 g/mol. The van der Waals surface area contributed by atoms with Crippen LogP contribution in [0.1, 0.15) is 19.5 Å². The van der Waals surface area contributed by atoms with Gasteiger partial charge in [0.1, 0.15) is 0 Å². The maximum atomic E-state index is 11.2. The van der Waals surface area contributed by atoms with Crippen LogP contribution >= 0.6 is 0 Å². The van der Waals surface area contributed by atoms with Crippen molar-refractivity contribution in [3.8, 4) is 0 Å². The molecule has 0 bridgehead atoms. The topological polar surface area (TPSA) is 51.2 Å². The zero-order valence-electron chi connectivity index (χ0n) is 9.77. The van der Waals surface area contributed by atoms with E-state index >= 15 is 0 Å². The normalized spacial score (nSPS) is 10.4. The van der Waals surface area contributed by atoms with E-state index in [9.17, 15) is 4.79 Å². The molecule has 0 aliphatic heterocycles. The standard InChI is InChI=1S/C12H18N2O2/c1-10(2)16-12(15)9-13-8-6-11-5-3-4-7-14-11/h3-5,7,10,13H,6,8-9H2,1-2H3. The van der Waals surface area contributed by atoms with Crippen molar-refractivity contribution >= 4 is 5.97 Å². The van der Waals surface area contributed by atoms with Crippen molar-refractivity contribution in [2.75, 3.05) is 13.1 Å². The number of rotatable bonds is 6. The fraction of sp³-hybridized carbons (Fsp3) is 0.500. The number of ether oxygens (including phenoxy) is 1. The van der Waals surface area contributed by atoms with E-state index in [1.807, 2.05) is 32.0 Å². The summed E-state index contributed by atoms with van der Waals surface area (Å²) in [5.41, 5.74) is 1.02. The third-order valence-corrected chi connectivity index (χ3v) is 1.92. The molecule has 1 aromatic rings. The number of hydrogen-bond acceptors (Lipinski definition) is 4. The Morgan fingerprint density at radius 1 is 1.50 bits per heavy atom. The third kappa shape index (κ3) is 5.46. The number of pyridine rings is 1. The molecule has 0 unspecified atom stereocenters. The summed E-state index contributed by atoms with van der Waals surface area (Å²) in [6, 6.07) is 5.81. The Balaban J connectivity index is 2.10. The average Bonchev–Trinajstić information content (AvgIpc) is 2.25. The van der Waals surface area contributed by atoms with Crippen molar-refractivity contribution in [1.82, 2.24) is 10.3 Å². The maximum absolute atomic E-state index is 11.2. The predicted molar refractivity (Wildman–Crippen MR) is 62.0 cm³/mol.